The smallest absolute Gasteiger partial charge is 0.331 e. The van der Waals surface area contributed by atoms with Gasteiger partial charge in [-0.15, -0.1) is 0 Å². The van der Waals surface area contributed by atoms with E-state index in [1.807, 2.05) is 13.0 Å². The number of Topliss-reactive ketones (excluding diaryl/α,β-unsaturated/α-hetero) is 1. The van der Waals surface area contributed by atoms with Crippen LogP contribution in [0.25, 0.3) is 0 Å². The van der Waals surface area contributed by atoms with Crippen LogP contribution in [-0.4, -0.2) is 51.5 Å². The van der Waals surface area contributed by atoms with Crippen molar-refractivity contribution in [3.05, 3.63) is 47.6 Å². The minimum Gasteiger partial charge on any atom is -0.451 e. The fourth-order valence-electron chi connectivity index (χ4n) is 7.57. The van der Waals surface area contributed by atoms with Crippen LogP contribution in [0.3, 0.4) is 0 Å². The molecule has 0 heterocycles. The van der Waals surface area contributed by atoms with Gasteiger partial charge in [0.05, 0.1) is 12.0 Å². The summed E-state index contributed by atoms with van der Waals surface area (Å²) in [7, 11) is 0. The number of carbonyl (C=O) groups excluding carboxylic acids is 2. The van der Waals surface area contributed by atoms with E-state index >= 15 is 0 Å². The predicted octanol–water partition coefficient (Wildman–Crippen LogP) is 4.06. The Morgan fingerprint density at radius 1 is 1.25 bits per heavy atom. The number of hydrogen-bond donors (Lipinski definition) is 3. The second-order valence-electron chi connectivity index (χ2n) is 12.0. The van der Waals surface area contributed by atoms with Crippen LogP contribution in [0.5, 0.6) is 0 Å². The first kappa shape index (κ1) is 27.0. The minimum atomic E-state index is -2.10. The van der Waals surface area contributed by atoms with Crippen molar-refractivity contribution in [1.82, 2.24) is 0 Å². The van der Waals surface area contributed by atoms with Crippen molar-refractivity contribution in [3.63, 3.8) is 0 Å². The predicted molar refractivity (Wildman–Crippen MR) is 138 cm³/mol. The molecule has 0 radical (unpaired) electrons. The summed E-state index contributed by atoms with van der Waals surface area (Å²) in [4.78, 5) is 27.1. The Kier molecular flexibility index (Phi) is 7.28. The van der Waals surface area contributed by atoms with Gasteiger partial charge in [0.1, 0.15) is 6.10 Å². The highest BCUT2D eigenvalue weighted by Gasteiger charge is 2.76. The third-order valence-electron chi connectivity index (χ3n) is 9.58. The van der Waals surface area contributed by atoms with Gasteiger partial charge in [0.25, 0.3) is 0 Å². The summed E-state index contributed by atoms with van der Waals surface area (Å²) < 4.78 is 5.76. The molecule has 0 amide bonds. The van der Waals surface area contributed by atoms with Gasteiger partial charge in [0, 0.05) is 12.0 Å². The summed E-state index contributed by atoms with van der Waals surface area (Å²) in [5, 5.41) is 34.0. The van der Waals surface area contributed by atoms with E-state index in [0.29, 0.717) is 11.5 Å². The molecule has 3 N–H and O–H groups in total. The summed E-state index contributed by atoms with van der Waals surface area (Å²) >= 11 is 0. The maximum atomic E-state index is 14.3. The van der Waals surface area contributed by atoms with E-state index in [4.69, 9.17) is 4.74 Å². The molecule has 0 aromatic carbocycles. The van der Waals surface area contributed by atoms with E-state index in [2.05, 4.69) is 20.8 Å². The van der Waals surface area contributed by atoms with Crippen LogP contribution < -0.4 is 0 Å². The number of carbonyl (C=O) groups is 2. The molecule has 0 saturated heterocycles. The van der Waals surface area contributed by atoms with Gasteiger partial charge in [0.15, 0.2) is 17.5 Å². The van der Waals surface area contributed by atoms with Crippen LogP contribution in [0, 0.1) is 34.5 Å². The number of aliphatic hydroxyl groups is 3. The monoisotopic (exact) mass is 498 g/mol. The molecule has 2 bridgehead atoms. The third-order valence-corrected chi connectivity index (χ3v) is 9.58. The van der Waals surface area contributed by atoms with Crippen molar-refractivity contribution in [1.29, 1.82) is 0 Å². The molecule has 1 spiro atoms. The number of rotatable bonds is 8. The molecule has 0 aromatic heterocycles. The van der Waals surface area contributed by atoms with Crippen LogP contribution >= 0.6 is 0 Å². The highest BCUT2D eigenvalue weighted by Crippen LogP contribution is 2.71. The molecule has 8 atom stereocenters. The third kappa shape index (κ3) is 3.88. The van der Waals surface area contributed by atoms with Crippen LogP contribution in [0.4, 0.5) is 0 Å². The van der Waals surface area contributed by atoms with Crippen LogP contribution in [0.2, 0.25) is 0 Å². The number of ether oxygens (including phenoxy) is 1. The first-order chi connectivity index (χ1) is 17.0. The molecule has 2 saturated carbocycles. The highest BCUT2D eigenvalue weighted by atomic mass is 16.6. The summed E-state index contributed by atoms with van der Waals surface area (Å²) in [6.07, 6.45) is 12.4. The van der Waals surface area contributed by atoms with Gasteiger partial charge in [-0.25, -0.2) is 4.79 Å². The molecular weight excluding hydrogens is 456 g/mol. The average molecular weight is 499 g/mol. The molecule has 36 heavy (non-hydrogen) atoms. The van der Waals surface area contributed by atoms with E-state index in [1.165, 1.54) is 6.08 Å². The lowest BCUT2D eigenvalue weighted by Crippen LogP contribution is -2.65. The summed E-state index contributed by atoms with van der Waals surface area (Å²) in [5.74, 6) is -1.21. The zero-order valence-corrected chi connectivity index (χ0v) is 22.2. The van der Waals surface area contributed by atoms with E-state index in [9.17, 15) is 24.9 Å². The van der Waals surface area contributed by atoms with E-state index in [0.717, 1.165) is 32.1 Å². The van der Waals surface area contributed by atoms with Crippen molar-refractivity contribution < 1.29 is 29.6 Å². The summed E-state index contributed by atoms with van der Waals surface area (Å²) in [5.41, 5.74) is -2.79. The molecule has 0 aromatic rings. The largest absolute Gasteiger partial charge is 0.451 e. The van der Waals surface area contributed by atoms with Gasteiger partial charge in [-0.1, -0.05) is 70.9 Å². The first-order valence-electron chi connectivity index (χ1n) is 13.5. The van der Waals surface area contributed by atoms with E-state index in [1.54, 1.807) is 31.2 Å². The van der Waals surface area contributed by atoms with E-state index in [-0.39, 0.29) is 28.6 Å². The van der Waals surface area contributed by atoms with Crippen LogP contribution in [0.15, 0.2) is 47.6 Å². The number of fused-ring (bicyclic) bond motifs is 3. The number of unbranched alkanes of at least 4 members (excludes halogenated alkanes) is 3. The number of allylic oxidation sites excluding steroid dienone is 4. The fraction of sp³-hybridized carbons (Fsp3) is 0.667. The standard InChI is InChI=1S/C30H42O6/c1-6-7-8-9-10-11-12-13-23(32)36-27-18(2)16-29-19(3)14-22-24(28(22,4)5)21(26(29)34)15-20(17-31)25(33)30(27,29)35/h10-13,15-16,19,21-22,24-25,27,31,33,35H,6-9,14,17H2,1-5H3/t19-,21-,22-,24+,25-,27+,29+,30+/m1/s1. The second-order valence-corrected chi connectivity index (χ2v) is 12.0. The van der Waals surface area contributed by atoms with Gasteiger partial charge in [-0.3, -0.25) is 4.79 Å². The molecule has 6 heteroatoms. The molecule has 4 aliphatic carbocycles. The normalized spacial score (nSPS) is 40.8. The second kappa shape index (κ2) is 9.70. The highest BCUT2D eigenvalue weighted by molar-refractivity contribution is 5.95. The zero-order valence-electron chi connectivity index (χ0n) is 22.2. The molecule has 4 aliphatic rings. The lowest BCUT2D eigenvalue weighted by Gasteiger charge is -2.48. The van der Waals surface area contributed by atoms with E-state index < -0.39 is 41.7 Å². The Bertz CT molecular complexity index is 1020. The first-order valence-corrected chi connectivity index (χ1v) is 13.5. The van der Waals surface area contributed by atoms with Crippen molar-refractivity contribution >= 4 is 11.8 Å². The van der Waals surface area contributed by atoms with Crippen molar-refractivity contribution in [2.24, 2.45) is 34.5 Å². The molecule has 198 valence electrons. The number of aliphatic hydroxyl groups excluding tert-OH is 2. The minimum absolute atomic E-state index is 0.0290. The Morgan fingerprint density at radius 2 is 1.97 bits per heavy atom. The number of hydrogen-bond acceptors (Lipinski definition) is 6. The van der Waals surface area contributed by atoms with Crippen molar-refractivity contribution in [3.8, 4) is 0 Å². The van der Waals surface area contributed by atoms with Gasteiger partial charge >= 0.3 is 5.97 Å². The lowest BCUT2D eigenvalue weighted by atomic mass is 9.59. The topological polar surface area (TPSA) is 104 Å². The number of esters is 1. The average Bonchev–Trinajstić information content (AvgIpc) is 3.32. The Morgan fingerprint density at radius 3 is 2.64 bits per heavy atom. The SMILES string of the molecule is CCCCCC=CC=CC(=O)O[C@H]1C(C)=C[C@]23C(=O)[C@H](C=C(CO)[C@@H](O)[C@]12O)[C@H]1[C@@H](C[C@H]3C)C1(C)C. The van der Waals surface area contributed by atoms with Gasteiger partial charge in [-0.05, 0) is 60.5 Å². The van der Waals surface area contributed by atoms with Crippen LogP contribution in [0.1, 0.15) is 66.7 Å². The molecule has 6 nitrogen and oxygen atoms in total. The molecular formula is C30H42O6. The molecule has 0 unspecified atom stereocenters. The molecule has 0 aliphatic heterocycles. The van der Waals surface area contributed by atoms with Crippen molar-refractivity contribution in [2.75, 3.05) is 6.61 Å². The zero-order chi connectivity index (χ0) is 26.5. The fourth-order valence-corrected chi connectivity index (χ4v) is 7.57. The van der Waals surface area contributed by atoms with Crippen molar-refractivity contribution in [2.45, 2.75) is 84.5 Å². The number of ketones is 1. The molecule has 2 fully saturated rings. The Hall–Kier alpha value is -2.02. The maximum absolute atomic E-state index is 14.3. The molecule has 4 rings (SSSR count). The van der Waals surface area contributed by atoms with Gasteiger partial charge in [-0.2, -0.15) is 0 Å². The maximum Gasteiger partial charge on any atom is 0.331 e. The Labute approximate surface area is 214 Å². The van der Waals surface area contributed by atoms with Gasteiger partial charge in [0.2, 0.25) is 0 Å². The Balaban J connectivity index is 1.66. The van der Waals surface area contributed by atoms with Gasteiger partial charge < -0.3 is 20.1 Å². The summed E-state index contributed by atoms with van der Waals surface area (Å²) in [6.45, 7) is 9.66. The quantitative estimate of drug-likeness (QED) is 0.153. The van der Waals surface area contributed by atoms with Crippen LogP contribution in [-0.2, 0) is 14.3 Å². The lowest BCUT2D eigenvalue weighted by molar-refractivity contribution is -0.201. The summed E-state index contributed by atoms with van der Waals surface area (Å²) in [6, 6.07) is 0.